The van der Waals surface area contributed by atoms with Crippen LogP contribution in [-0.2, 0) is 23.7 Å². The summed E-state index contributed by atoms with van der Waals surface area (Å²) in [7, 11) is 0. The number of carbonyl (C=O) groups is 1. The van der Waals surface area contributed by atoms with Crippen LogP contribution >= 0.6 is 0 Å². The summed E-state index contributed by atoms with van der Waals surface area (Å²) in [5.74, 6) is -1.78. The van der Waals surface area contributed by atoms with Gasteiger partial charge in [0.1, 0.15) is 6.10 Å². The van der Waals surface area contributed by atoms with Gasteiger partial charge in [0, 0.05) is 0 Å². The lowest BCUT2D eigenvalue weighted by Gasteiger charge is -2.22. The van der Waals surface area contributed by atoms with Crippen LogP contribution in [0, 0.1) is 0 Å². The van der Waals surface area contributed by atoms with Gasteiger partial charge in [0.15, 0.2) is 11.9 Å². The third kappa shape index (κ3) is 5.64. The number of rotatable bonds is 6. The smallest absolute Gasteiger partial charge is 0.415 e. The van der Waals surface area contributed by atoms with E-state index in [0.717, 1.165) is 0 Å². The predicted octanol–water partition coefficient (Wildman–Crippen LogP) is 2.04. The lowest BCUT2D eigenvalue weighted by atomic mass is 10.2. The standard InChI is InChI=1S/C12H19F3O5/c1-4-17-10(16)5-9(12(13,14)15)18-6-8-7-19-11(2,3)20-8/h8-9H,4-7H2,1-3H3/t8-,9+/m1/s1. The molecule has 0 N–H and O–H groups in total. The molecule has 118 valence electrons. The average molecular weight is 300 g/mol. The second kappa shape index (κ2) is 6.73. The molecule has 8 heteroatoms. The molecule has 0 aliphatic carbocycles. The van der Waals surface area contributed by atoms with Crippen molar-refractivity contribution in [2.45, 2.75) is 51.4 Å². The molecule has 1 fully saturated rings. The molecule has 0 radical (unpaired) electrons. The van der Waals surface area contributed by atoms with Gasteiger partial charge in [-0.2, -0.15) is 13.2 Å². The molecule has 0 unspecified atom stereocenters. The summed E-state index contributed by atoms with van der Waals surface area (Å²) < 4.78 is 58.0. The van der Waals surface area contributed by atoms with Gasteiger partial charge < -0.3 is 18.9 Å². The molecular weight excluding hydrogens is 281 g/mol. The molecule has 0 aromatic carbocycles. The molecule has 0 spiro atoms. The zero-order valence-corrected chi connectivity index (χ0v) is 11.7. The van der Waals surface area contributed by atoms with Gasteiger partial charge in [0.05, 0.1) is 26.2 Å². The van der Waals surface area contributed by atoms with Crippen LogP contribution in [0.2, 0.25) is 0 Å². The molecule has 1 rings (SSSR count). The van der Waals surface area contributed by atoms with E-state index in [1.54, 1.807) is 13.8 Å². The largest absolute Gasteiger partial charge is 0.466 e. The van der Waals surface area contributed by atoms with Crippen molar-refractivity contribution in [1.29, 1.82) is 0 Å². The topological polar surface area (TPSA) is 54.0 Å². The second-order valence-corrected chi connectivity index (χ2v) is 4.82. The van der Waals surface area contributed by atoms with Gasteiger partial charge in [-0.1, -0.05) is 0 Å². The fourth-order valence-corrected chi connectivity index (χ4v) is 1.71. The third-order valence-corrected chi connectivity index (χ3v) is 2.57. The highest BCUT2D eigenvalue weighted by Crippen LogP contribution is 2.28. The van der Waals surface area contributed by atoms with E-state index >= 15 is 0 Å². The number of hydrogen-bond acceptors (Lipinski definition) is 5. The molecule has 1 heterocycles. The average Bonchev–Trinajstić information content (AvgIpc) is 2.63. The van der Waals surface area contributed by atoms with E-state index in [4.69, 9.17) is 14.2 Å². The number of carbonyl (C=O) groups excluding carboxylic acids is 1. The first-order valence-corrected chi connectivity index (χ1v) is 6.29. The number of ether oxygens (including phenoxy) is 4. The lowest BCUT2D eigenvalue weighted by molar-refractivity contribution is -0.232. The van der Waals surface area contributed by atoms with E-state index in [2.05, 4.69) is 4.74 Å². The van der Waals surface area contributed by atoms with Gasteiger partial charge in [-0.25, -0.2) is 0 Å². The molecule has 2 atom stereocenters. The Morgan fingerprint density at radius 2 is 2.10 bits per heavy atom. The van der Waals surface area contributed by atoms with E-state index in [9.17, 15) is 18.0 Å². The molecule has 0 saturated carbocycles. The predicted molar refractivity (Wildman–Crippen MR) is 61.9 cm³/mol. The van der Waals surface area contributed by atoms with E-state index in [-0.39, 0.29) is 19.8 Å². The Morgan fingerprint density at radius 3 is 2.55 bits per heavy atom. The Kier molecular flexibility index (Phi) is 5.79. The maximum Gasteiger partial charge on any atom is 0.415 e. The zero-order chi connectivity index (χ0) is 15.4. The molecule has 0 bridgehead atoms. The van der Waals surface area contributed by atoms with Gasteiger partial charge >= 0.3 is 12.1 Å². The quantitative estimate of drug-likeness (QED) is 0.703. The summed E-state index contributed by atoms with van der Waals surface area (Å²) in [5, 5.41) is 0. The molecule has 0 aromatic heterocycles. The molecular formula is C12H19F3O5. The van der Waals surface area contributed by atoms with Gasteiger partial charge in [0.25, 0.3) is 0 Å². The van der Waals surface area contributed by atoms with E-state index < -0.39 is 36.6 Å². The Balaban J connectivity index is 2.47. The van der Waals surface area contributed by atoms with Crippen molar-refractivity contribution in [3.8, 4) is 0 Å². The molecule has 1 saturated heterocycles. The Morgan fingerprint density at radius 1 is 1.45 bits per heavy atom. The number of halogens is 3. The summed E-state index contributed by atoms with van der Waals surface area (Å²) in [6.07, 6.45) is -8.29. The Bertz CT molecular complexity index is 330. The SMILES string of the molecule is CCOC(=O)C[C@H](OC[C@@H]1COC(C)(C)O1)C(F)(F)F. The molecule has 0 amide bonds. The number of esters is 1. The number of alkyl halides is 3. The van der Waals surface area contributed by atoms with E-state index in [1.165, 1.54) is 6.92 Å². The summed E-state index contributed by atoms with van der Waals surface area (Å²) in [6.45, 7) is 4.72. The van der Waals surface area contributed by atoms with Crippen LogP contribution < -0.4 is 0 Å². The summed E-state index contributed by atoms with van der Waals surface area (Å²) in [4.78, 5) is 11.1. The minimum absolute atomic E-state index is 0.0250. The molecule has 5 nitrogen and oxygen atoms in total. The van der Waals surface area contributed by atoms with Crippen molar-refractivity contribution in [2.75, 3.05) is 19.8 Å². The number of hydrogen-bond donors (Lipinski definition) is 0. The first-order chi connectivity index (χ1) is 9.14. The fraction of sp³-hybridized carbons (Fsp3) is 0.917. The maximum atomic E-state index is 12.7. The second-order valence-electron chi connectivity index (χ2n) is 4.82. The molecule has 1 aliphatic heterocycles. The Hall–Kier alpha value is -0.860. The van der Waals surface area contributed by atoms with Crippen LogP contribution in [-0.4, -0.2) is 50.0 Å². The van der Waals surface area contributed by atoms with E-state index in [0.29, 0.717) is 0 Å². The first kappa shape index (κ1) is 17.2. The third-order valence-electron chi connectivity index (χ3n) is 2.57. The summed E-state index contributed by atoms with van der Waals surface area (Å²) >= 11 is 0. The monoisotopic (exact) mass is 300 g/mol. The van der Waals surface area contributed by atoms with Gasteiger partial charge in [-0.15, -0.1) is 0 Å². The fourth-order valence-electron chi connectivity index (χ4n) is 1.71. The van der Waals surface area contributed by atoms with Crippen LogP contribution in [0.1, 0.15) is 27.2 Å². The van der Waals surface area contributed by atoms with Gasteiger partial charge in [0.2, 0.25) is 0 Å². The van der Waals surface area contributed by atoms with Crippen molar-refractivity contribution in [1.82, 2.24) is 0 Å². The van der Waals surface area contributed by atoms with Crippen molar-refractivity contribution < 1.29 is 36.9 Å². The highest BCUT2D eigenvalue weighted by Gasteiger charge is 2.43. The van der Waals surface area contributed by atoms with Crippen LogP contribution in [0.15, 0.2) is 0 Å². The molecule has 20 heavy (non-hydrogen) atoms. The van der Waals surface area contributed by atoms with Crippen molar-refractivity contribution >= 4 is 5.97 Å². The van der Waals surface area contributed by atoms with Crippen molar-refractivity contribution in [3.05, 3.63) is 0 Å². The van der Waals surface area contributed by atoms with Crippen molar-refractivity contribution in [3.63, 3.8) is 0 Å². The van der Waals surface area contributed by atoms with Crippen LogP contribution in [0.25, 0.3) is 0 Å². The Labute approximate surface area is 115 Å². The van der Waals surface area contributed by atoms with Gasteiger partial charge in [-0.05, 0) is 20.8 Å². The molecule has 0 aromatic rings. The summed E-state index contributed by atoms with van der Waals surface area (Å²) in [5.41, 5.74) is 0. The van der Waals surface area contributed by atoms with Crippen LogP contribution in [0.3, 0.4) is 0 Å². The highest BCUT2D eigenvalue weighted by atomic mass is 19.4. The zero-order valence-electron chi connectivity index (χ0n) is 11.7. The molecule has 1 aliphatic rings. The normalized spacial score (nSPS) is 23.6. The lowest BCUT2D eigenvalue weighted by Crippen LogP contribution is -2.37. The minimum Gasteiger partial charge on any atom is -0.466 e. The van der Waals surface area contributed by atoms with Crippen LogP contribution in [0.5, 0.6) is 0 Å². The van der Waals surface area contributed by atoms with Crippen LogP contribution in [0.4, 0.5) is 13.2 Å². The maximum absolute atomic E-state index is 12.7. The van der Waals surface area contributed by atoms with E-state index in [1.807, 2.05) is 0 Å². The van der Waals surface area contributed by atoms with Crippen molar-refractivity contribution in [2.24, 2.45) is 0 Å². The highest BCUT2D eigenvalue weighted by molar-refractivity contribution is 5.70. The van der Waals surface area contributed by atoms with Gasteiger partial charge in [-0.3, -0.25) is 4.79 Å². The summed E-state index contributed by atoms with van der Waals surface area (Å²) in [6, 6.07) is 0. The first-order valence-electron chi connectivity index (χ1n) is 6.29. The minimum atomic E-state index is -4.64.